The lowest BCUT2D eigenvalue weighted by atomic mass is 9.92. The van der Waals surface area contributed by atoms with Gasteiger partial charge in [0.1, 0.15) is 0 Å². The highest BCUT2D eigenvalue weighted by molar-refractivity contribution is 5.94. The lowest BCUT2D eigenvalue weighted by Crippen LogP contribution is -2.39. The standard InChI is InChI=1S/C17H16FN5O/c1-10-6-16-20-8-11-7-12(2-3-15(11)23(16)22-10)21-17(24)13-4-5-19-9-14(13)18/h4-6,8-9,12H,2-3,7H2,1H3,(H,21,24). The highest BCUT2D eigenvalue weighted by atomic mass is 19.1. The van der Waals surface area contributed by atoms with Crippen molar-refractivity contribution in [1.29, 1.82) is 0 Å². The number of halogens is 1. The first-order chi connectivity index (χ1) is 11.6. The van der Waals surface area contributed by atoms with Crippen LogP contribution in [0.1, 0.15) is 33.7 Å². The van der Waals surface area contributed by atoms with Crippen molar-refractivity contribution >= 4 is 11.6 Å². The number of hydrogen-bond donors (Lipinski definition) is 1. The molecule has 1 atom stereocenters. The van der Waals surface area contributed by atoms with E-state index in [0.29, 0.717) is 6.42 Å². The van der Waals surface area contributed by atoms with E-state index in [1.54, 1.807) is 0 Å². The van der Waals surface area contributed by atoms with Gasteiger partial charge in [-0.15, -0.1) is 0 Å². The van der Waals surface area contributed by atoms with Crippen molar-refractivity contribution in [2.24, 2.45) is 0 Å². The number of nitrogens with one attached hydrogen (secondary N) is 1. The summed E-state index contributed by atoms with van der Waals surface area (Å²) in [4.78, 5) is 20.3. The molecule has 24 heavy (non-hydrogen) atoms. The SMILES string of the molecule is Cc1cc2ncc3c(n2n1)CCC(NC(=O)c1ccncc1F)C3. The fourth-order valence-electron chi connectivity index (χ4n) is 3.19. The van der Waals surface area contributed by atoms with Crippen LogP contribution < -0.4 is 5.32 Å². The van der Waals surface area contributed by atoms with Gasteiger partial charge in [0, 0.05) is 30.2 Å². The first-order valence-electron chi connectivity index (χ1n) is 7.85. The molecule has 4 rings (SSSR count). The predicted molar refractivity (Wildman–Crippen MR) is 85.2 cm³/mol. The van der Waals surface area contributed by atoms with Gasteiger partial charge < -0.3 is 5.32 Å². The third-order valence-electron chi connectivity index (χ3n) is 4.34. The van der Waals surface area contributed by atoms with E-state index in [4.69, 9.17) is 0 Å². The second-order valence-corrected chi connectivity index (χ2v) is 6.05. The molecule has 6 nitrogen and oxygen atoms in total. The Bertz CT molecular complexity index is 936. The van der Waals surface area contributed by atoms with Gasteiger partial charge in [-0.3, -0.25) is 9.78 Å². The minimum Gasteiger partial charge on any atom is -0.349 e. The molecule has 1 aliphatic carbocycles. The van der Waals surface area contributed by atoms with Crippen molar-refractivity contribution in [3.05, 3.63) is 59.1 Å². The average molecular weight is 325 g/mol. The van der Waals surface area contributed by atoms with E-state index >= 15 is 0 Å². The molecule has 1 aliphatic rings. The van der Waals surface area contributed by atoms with Crippen LogP contribution in [-0.2, 0) is 12.8 Å². The van der Waals surface area contributed by atoms with E-state index in [-0.39, 0.29) is 11.6 Å². The number of aromatic nitrogens is 4. The normalized spacial score (nSPS) is 16.8. The molecule has 0 radical (unpaired) electrons. The monoisotopic (exact) mass is 325 g/mol. The van der Waals surface area contributed by atoms with E-state index < -0.39 is 11.7 Å². The van der Waals surface area contributed by atoms with Gasteiger partial charge in [-0.05, 0) is 37.8 Å². The van der Waals surface area contributed by atoms with Crippen molar-refractivity contribution in [2.45, 2.75) is 32.2 Å². The van der Waals surface area contributed by atoms with Gasteiger partial charge in [0.15, 0.2) is 11.5 Å². The Kier molecular flexibility index (Phi) is 3.48. The summed E-state index contributed by atoms with van der Waals surface area (Å²) in [7, 11) is 0. The van der Waals surface area contributed by atoms with Crippen molar-refractivity contribution in [1.82, 2.24) is 24.9 Å². The van der Waals surface area contributed by atoms with Crippen LogP contribution in [-0.4, -0.2) is 31.5 Å². The third kappa shape index (κ3) is 2.51. The van der Waals surface area contributed by atoms with Crippen LogP contribution in [0.5, 0.6) is 0 Å². The Morgan fingerprint density at radius 2 is 2.29 bits per heavy atom. The summed E-state index contributed by atoms with van der Waals surface area (Å²) < 4.78 is 15.5. The molecule has 0 spiro atoms. The van der Waals surface area contributed by atoms with Gasteiger partial charge in [0.05, 0.1) is 17.5 Å². The topological polar surface area (TPSA) is 72.2 Å². The van der Waals surface area contributed by atoms with Crippen LogP contribution in [0.15, 0.2) is 30.7 Å². The number of rotatable bonds is 2. The molecule has 7 heteroatoms. The summed E-state index contributed by atoms with van der Waals surface area (Å²) in [6, 6.07) is 3.29. The first-order valence-corrected chi connectivity index (χ1v) is 7.85. The highest BCUT2D eigenvalue weighted by Gasteiger charge is 2.24. The maximum atomic E-state index is 13.7. The van der Waals surface area contributed by atoms with Crippen LogP contribution in [0.4, 0.5) is 4.39 Å². The summed E-state index contributed by atoms with van der Waals surface area (Å²) in [5, 5.41) is 7.39. The number of fused-ring (bicyclic) bond motifs is 3. The lowest BCUT2D eigenvalue weighted by molar-refractivity contribution is 0.0929. The average Bonchev–Trinajstić information content (AvgIpc) is 2.95. The summed E-state index contributed by atoms with van der Waals surface area (Å²) in [6.07, 6.45) is 6.54. The van der Waals surface area contributed by atoms with Crippen LogP contribution in [0, 0.1) is 12.7 Å². The van der Waals surface area contributed by atoms with Gasteiger partial charge in [-0.25, -0.2) is 13.9 Å². The van der Waals surface area contributed by atoms with E-state index in [9.17, 15) is 9.18 Å². The van der Waals surface area contributed by atoms with Crippen molar-refractivity contribution in [2.75, 3.05) is 0 Å². The molecule has 0 bridgehead atoms. The van der Waals surface area contributed by atoms with E-state index in [0.717, 1.165) is 41.6 Å². The first kappa shape index (κ1) is 14.7. The zero-order chi connectivity index (χ0) is 16.7. The summed E-state index contributed by atoms with van der Waals surface area (Å²) in [5.74, 6) is -1.02. The number of amides is 1. The van der Waals surface area contributed by atoms with Gasteiger partial charge in [-0.2, -0.15) is 5.10 Å². The number of aryl methyl sites for hydroxylation is 2. The van der Waals surface area contributed by atoms with Crippen LogP contribution >= 0.6 is 0 Å². The van der Waals surface area contributed by atoms with Crippen LogP contribution in [0.2, 0.25) is 0 Å². The number of carbonyl (C=O) groups is 1. The lowest BCUT2D eigenvalue weighted by Gasteiger charge is -2.25. The second kappa shape index (κ2) is 5.67. The molecule has 3 aromatic heterocycles. The largest absolute Gasteiger partial charge is 0.349 e. The molecule has 3 heterocycles. The molecule has 0 aliphatic heterocycles. The minimum atomic E-state index is -0.610. The molecule has 0 aromatic carbocycles. The summed E-state index contributed by atoms with van der Waals surface area (Å²) >= 11 is 0. The van der Waals surface area contributed by atoms with E-state index in [2.05, 4.69) is 20.4 Å². The number of hydrogen-bond acceptors (Lipinski definition) is 4. The summed E-state index contributed by atoms with van der Waals surface area (Å²) in [6.45, 7) is 1.94. The maximum Gasteiger partial charge on any atom is 0.254 e. The van der Waals surface area contributed by atoms with Crippen LogP contribution in [0.3, 0.4) is 0 Å². The Labute approximate surface area is 137 Å². The molecule has 3 aromatic rings. The van der Waals surface area contributed by atoms with E-state index in [1.165, 1.54) is 12.3 Å². The molecule has 1 amide bonds. The Morgan fingerprint density at radius 1 is 1.42 bits per heavy atom. The highest BCUT2D eigenvalue weighted by Crippen LogP contribution is 2.22. The zero-order valence-corrected chi connectivity index (χ0v) is 13.2. The van der Waals surface area contributed by atoms with Gasteiger partial charge in [-0.1, -0.05) is 0 Å². The van der Waals surface area contributed by atoms with Gasteiger partial charge >= 0.3 is 0 Å². The molecule has 1 unspecified atom stereocenters. The predicted octanol–water partition coefficient (Wildman–Crippen LogP) is 1.86. The van der Waals surface area contributed by atoms with E-state index in [1.807, 2.05) is 23.7 Å². The smallest absolute Gasteiger partial charge is 0.254 e. The molecule has 0 fully saturated rings. The molecular weight excluding hydrogens is 309 g/mol. The Hall–Kier alpha value is -2.83. The zero-order valence-electron chi connectivity index (χ0n) is 13.2. The summed E-state index contributed by atoms with van der Waals surface area (Å²) in [5.41, 5.74) is 3.99. The number of nitrogens with zero attached hydrogens (tertiary/aromatic N) is 4. The number of carbonyl (C=O) groups excluding carboxylic acids is 1. The van der Waals surface area contributed by atoms with Crippen molar-refractivity contribution < 1.29 is 9.18 Å². The second-order valence-electron chi connectivity index (χ2n) is 6.05. The van der Waals surface area contributed by atoms with Gasteiger partial charge in [0.25, 0.3) is 5.91 Å². The fourth-order valence-corrected chi connectivity index (χ4v) is 3.19. The fraction of sp³-hybridized carbons (Fsp3) is 0.294. The van der Waals surface area contributed by atoms with Gasteiger partial charge in [0.2, 0.25) is 0 Å². The molecular formula is C17H16FN5O. The van der Waals surface area contributed by atoms with Crippen molar-refractivity contribution in [3.8, 4) is 0 Å². The molecule has 0 saturated heterocycles. The quantitative estimate of drug-likeness (QED) is 0.780. The molecule has 0 saturated carbocycles. The third-order valence-corrected chi connectivity index (χ3v) is 4.34. The molecule has 1 N–H and O–H groups in total. The minimum absolute atomic E-state index is 0.0204. The Balaban J connectivity index is 1.55. The Morgan fingerprint density at radius 3 is 3.12 bits per heavy atom. The van der Waals surface area contributed by atoms with Crippen molar-refractivity contribution in [3.63, 3.8) is 0 Å². The maximum absolute atomic E-state index is 13.7. The number of pyridine rings is 1. The molecule has 122 valence electrons. The van der Waals surface area contributed by atoms with Crippen LogP contribution in [0.25, 0.3) is 5.65 Å².